The third kappa shape index (κ3) is 40.7. The van der Waals surface area contributed by atoms with Crippen molar-refractivity contribution in [3.8, 4) is 11.5 Å². The van der Waals surface area contributed by atoms with E-state index in [1.54, 1.807) is 65.0 Å². The number of unbranched alkanes of at least 4 members (excludes halogenated alkanes) is 1. The van der Waals surface area contributed by atoms with Crippen molar-refractivity contribution in [2.24, 2.45) is 59.0 Å². The standard InChI is InChI=1S/C93H133N9O28/c1-8-54(4)86(81(116)43-62(37-59-24-29-66(107)30-25-59)89(126)97-73(36-53(2)3)77(112)41-63(45-84(120)121)88(125)96-55(5)18-14-15-34-94)101-91(128)65(51-103)44-78(113)74(39-60-26-31-67(108)32-27-60)98-90(127)64(46-85(122)123)42-79(114)76(52-104)100-93(130)72(57(7)106)48-80(115)75(38-58-19-11-9-12-20-58)99-92(129)71(56(6)105)47-70(111)49-95-87(124)61(28-33-83(118)119)40-68(109)21-17-22-69(110)50-102-35-16-10-13-23-82(102)117/h9,11-12,19-20,24-27,29-32,53-57,61-65,71-76,86,103-108H,8,10,13-18,21-23,28,33-52,94H2,1-7H3,(H,95,124)(H,96,125)(H,97,126)(H,98,127)(H,99,129)(H,100,130)(H,101,128)(H,118,119)(H,120,121)(H,122,123)/t54-,55+,56+,57+,61+,62+,63-,64-,65-,71-,72-,73-,74-,75-,76-,86-/m0/s1. The first-order valence-electron chi connectivity index (χ1n) is 44.6. The average molecular weight is 1830 g/mol. The van der Waals surface area contributed by atoms with Gasteiger partial charge in [0.1, 0.15) is 23.3 Å². The number of likely N-dealkylation sites (tertiary alicyclic amines) is 1. The van der Waals surface area contributed by atoms with Gasteiger partial charge in [-0.1, -0.05) is 102 Å². The maximum absolute atomic E-state index is 14.8. The van der Waals surface area contributed by atoms with Gasteiger partial charge in [0.2, 0.25) is 47.3 Å². The van der Waals surface area contributed by atoms with E-state index in [1.165, 1.54) is 53.4 Å². The minimum absolute atomic E-state index is 0.0261. The van der Waals surface area contributed by atoms with Crippen molar-refractivity contribution in [2.45, 2.75) is 264 Å². The maximum Gasteiger partial charge on any atom is 0.304 e. The number of hydrogen-bond acceptors (Lipinski definition) is 26. The van der Waals surface area contributed by atoms with Gasteiger partial charge in [0.15, 0.2) is 40.5 Å². The summed E-state index contributed by atoms with van der Waals surface area (Å²) < 4.78 is 0. The number of phenolic OH excluding ortho intramolecular Hbond substituents is 2. The van der Waals surface area contributed by atoms with Crippen LogP contribution in [0.4, 0.5) is 0 Å². The number of benzene rings is 3. The van der Waals surface area contributed by atoms with Crippen LogP contribution in [0.1, 0.15) is 213 Å². The second kappa shape index (κ2) is 57.6. The highest BCUT2D eigenvalue weighted by Crippen LogP contribution is 2.27. The molecular formula is C93H133N9O28. The molecule has 37 heteroatoms. The number of Topliss-reactive ketones (excluding diaryl/α,β-unsaturated/α-hetero) is 8. The highest BCUT2D eigenvalue weighted by Gasteiger charge is 2.41. The van der Waals surface area contributed by atoms with E-state index in [4.69, 9.17) is 5.73 Å². The molecule has 1 aliphatic rings. The molecule has 0 saturated carbocycles. The summed E-state index contributed by atoms with van der Waals surface area (Å²) in [5.41, 5.74) is 6.78. The SMILES string of the molecule is CC[C@H](C)[C@H](NC(=O)[C@H](CO)CC(=O)[C@H](Cc1ccc(O)cc1)NC(=O)[C@H](CC(=O)O)CC(=O)[C@H](CO)NC(=O)[C@@H](CC(=O)[C@H](Cc1ccccc1)NC(=O)[C@@H](CC(=O)CNC(=O)[C@H](CCC(=O)O)CC(=O)CCCC(=O)CN1CCCCCC1=O)[C@@H](C)O)[C@@H](C)O)C(=O)C[C@@H](Cc1ccc(O)cc1)C(=O)N[C@@H](CC(C)C)C(=O)C[C@@H](CC(=O)O)C(=O)N[C@H](C)CCCCN. The highest BCUT2D eigenvalue weighted by molar-refractivity contribution is 6.01. The Bertz CT molecular complexity index is 4310. The summed E-state index contributed by atoms with van der Waals surface area (Å²) in [4.78, 5) is 261. The zero-order valence-electron chi connectivity index (χ0n) is 75.3. The number of carboxylic acid groups (broad SMARTS) is 3. The lowest BCUT2D eigenvalue weighted by atomic mass is 9.85. The van der Waals surface area contributed by atoms with Gasteiger partial charge in [-0.2, -0.15) is 0 Å². The molecule has 130 heavy (non-hydrogen) atoms. The zero-order chi connectivity index (χ0) is 97.0. The number of ketones is 8. The van der Waals surface area contributed by atoms with E-state index >= 15 is 0 Å². The predicted octanol–water partition coefficient (Wildman–Crippen LogP) is 3.12. The van der Waals surface area contributed by atoms with Gasteiger partial charge in [0, 0.05) is 95.1 Å². The van der Waals surface area contributed by atoms with Gasteiger partial charge in [-0.05, 0) is 144 Å². The van der Waals surface area contributed by atoms with E-state index in [2.05, 4.69) is 37.2 Å². The Morgan fingerprint density at radius 1 is 0.423 bits per heavy atom. The molecule has 8 amide bonds. The second-order valence-electron chi connectivity index (χ2n) is 34.6. The molecule has 1 aliphatic heterocycles. The molecule has 1 heterocycles. The minimum Gasteiger partial charge on any atom is -0.508 e. The number of aromatic hydroxyl groups is 2. The Hall–Kier alpha value is -11.4. The molecule has 0 unspecified atom stereocenters. The van der Waals surface area contributed by atoms with Gasteiger partial charge in [-0.15, -0.1) is 0 Å². The normalized spacial score (nSPS) is 15.9. The first kappa shape index (κ1) is 111. The van der Waals surface area contributed by atoms with Crippen molar-refractivity contribution in [2.75, 3.05) is 39.4 Å². The van der Waals surface area contributed by atoms with Crippen LogP contribution in [0.3, 0.4) is 0 Å². The maximum atomic E-state index is 14.8. The third-order valence-corrected chi connectivity index (χ3v) is 23.1. The third-order valence-electron chi connectivity index (χ3n) is 23.1. The number of phenols is 2. The number of hydrogen-bond donors (Lipinski definition) is 17. The smallest absolute Gasteiger partial charge is 0.304 e. The number of nitrogens with two attached hydrogens (primary N) is 1. The number of carbonyl (C=O) groups excluding carboxylic acids is 16. The Labute approximate surface area is 756 Å². The topological polar surface area (TPSA) is 620 Å². The molecule has 0 aromatic heterocycles. The van der Waals surface area contributed by atoms with Crippen LogP contribution in [0.25, 0.3) is 0 Å². The number of nitrogens with zero attached hydrogens (tertiary/aromatic N) is 1. The summed E-state index contributed by atoms with van der Waals surface area (Å²) >= 11 is 0. The fourth-order valence-corrected chi connectivity index (χ4v) is 15.2. The number of aliphatic hydroxyl groups is 4. The van der Waals surface area contributed by atoms with Crippen LogP contribution in [-0.2, 0) is 110 Å². The molecule has 4 rings (SSSR count). The lowest BCUT2D eigenvalue weighted by Crippen LogP contribution is -2.52. The number of rotatable bonds is 65. The van der Waals surface area contributed by atoms with Crippen LogP contribution in [0, 0.1) is 53.3 Å². The Morgan fingerprint density at radius 3 is 1.43 bits per heavy atom. The summed E-state index contributed by atoms with van der Waals surface area (Å²) in [6.07, 6.45) is -7.46. The van der Waals surface area contributed by atoms with Crippen molar-refractivity contribution >= 4 is 111 Å². The largest absolute Gasteiger partial charge is 0.508 e. The first-order chi connectivity index (χ1) is 61.4. The van der Waals surface area contributed by atoms with Crippen molar-refractivity contribution in [1.82, 2.24) is 42.1 Å². The minimum atomic E-state index is -1.99. The number of carboxylic acids is 3. The number of carbonyl (C=O) groups is 19. The molecule has 3 aromatic rings. The summed E-state index contributed by atoms with van der Waals surface area (Å²) in [7, 11) is 0. The van der Waals surface area contributed by atoms with E-state index in [9.17, 15) is 137 Å². The average Bonchev–Trinajstić information content (AvgIpc) is 0.871. The molecule has 1 fully saturated rings. The zero-order valence-corrected chi connectivity index (χ0v) is 75.3. The Balaban J connectivity index is 1.54. The molecule has 0 spiro atoms. The molecule has 16 atom stereocenters. The van der Waals surface area contributed by atoms with Gasteiger partial charge in [0.25, 0.3) is 0 Å². The van der Waals surface area contributed by atoms with Crippen LogP contribution < -0.4 is 43.0 Å². The molecule has 1 saturated heterocycles. The van der Waals surface area contributed by atoms with Crippen LogP contribution in [0.15, 0.2) is 78.9 Å². The number of amides is 8. The Kier molecular flexibility index (Phi) is 49.1. The quantitative estimate of drug-likeness (QED) is 0.0361. The summed E-state index contributed by atoms with van der Waals surface area (Å²) in [5, 5.41) is 111. The van der Waals surface area contributed by atoms with Crippen LogP contribution in [0.5, 0.6) is 11.5 Å². The first-order valence-corrected chi connectivity index (χ1v) is 44.6. The summed E-state index contributed by atoms with van der Waals surface area (Å²) in [5.74, 6) is -29.7. The van der Waals surface area contributed by atoms with Crippen molar-refractivity contribution in [1.29, 1.82) is 0 Å². The van der Waals surface area contributed by atoms with E-state index < -0.39 is 280 Å². The van der Waals surface area contributed by atoms with Crippen LogP contribution in [-0.4, -0.2) is 250 Å². The fraction of sp³-hybridized carbons (Fsp3) is 0.602. The monoisotopic (exact) mass is 1820 g/mol. The predicted molar refractivity (Wildman–Crippen MR) is 470 cm³/mol. The molecular weight excluding hydrogens is 1690 g/mol. The van der Waals surface area contributed by atoms with E-state index in [1.807, 2.05) is 0 Å². The second-order valence-corrected chi connectivity index (χ2v) is 34.6. The summed E-state index contributed by atoms with van der Waals surface area (Å²) in [6, 6.07) is 10.5. The number of aliphatic hydroxyl groups excluding tert-OH is 4. The van der Waals surface area contributed by atoms with Gasteiger partial charge >= 0.3 is 17.9 Å². The van der Waals surface area contributed by atoms with Gasteiger partial charge in [0.05, 0.1) is 105 Å². The number of aliphatic carboxylic acids is 3. The molecule has 0 aliphatic carbocycles. The van der Waals surface area contributed by atoms with Crippen molar-refractivity contribution < 1.29 is 137 Å². The number of nitrogens with one attached hydrogen (secondary N) is 7. The van der Waals surface area contributed by atoms with Crippen molar-refractivity contribution in [3.05, 3.63) is 95.6 Å². The van der Waals surface area contributed by atoms with Crippen LogP contribution >= 0.6 is 0 Å². The molecule has 718 valence electrons. The molecule has 3 aromatic carbocycles. The molecule has 0 bridgehead atoms. The van der Waals surface area contributed by atoms with Gasteiger partial charge < -0.3 is 93.8 Å². The lowest BCUT2D eigenvalue weighted by molar-refractivity contribution is -0.143. The van der Waals surface area contributed by atoms with E-state index in [0.29, 0.717) is 49.9 Å². The fourth-order valence-electron chi connectivity index (χ4n) is 15.2. The molecule has 18 N–H and O–H groups in total. The molecule has 37 nitrogen and oxygen atoms in total. The van der Waals surface area contributed by atoms with Gasteiger partial charge in [-0.25, -0.2) is 0 Å². The van der Waals surface area contributed by atoms with E-state index in [-0.39, 0.29) is 98.6 Å². The Morgan fingerprint density at radius 2 is 0.900 bits per heavy atom. The van der Waals surface area contributed by atoms with E-state index in [0.717, 1.165) is 33.1 Å². The van der Waals surface area contributed by atoms with Crippen molar-refractivity contribution in [3.63, 3.8) is 0 Å². The molecule has 0 radical (unpaired) electrons. The lowest BCUT2D eigenvalue weighted by Gasteiger charge is -2.28. The summed E-state index contributed by atoms with van der Waals surface area (Å²) in [6.45, 7) is 8.53. The van der Waals surface area contributed by atoms with Crippen LogP contribution in [0.2, 0.25) is 0 Å². The highest BCUT2D eigenvalue weighted by atomic mass is 16.4. The van der Waals surface area contributed by atoms with Gasteiger partial charge in [-0.3, -0.25) is 91.1 Å².